The van der Waals surface area contributed by atoms with Crippen molar-refractivity contribution >= 4 is 23.5 Å². The largest absolute Gasteiger partial charge is 0.493 e. The molecule has 2 rings (SSSR count). The van der Waals surface area contributed by atoms with E-state index in [9.17, 15) is 4.39 Å². The molecule has 0 aliphatic heterocycles. The molecular formula is C18H20FN3O3S. The van der Waals surface area contributed by atoms with Gasteiger partial charge in [-0.2, -0.15) is 5.10 Å². The summed E-state index contributed by atoms with van der Waals surface area (Å²) < 4.78 is 28.8. The predicted molar refractivity (Wildman–Crippen MR) is 103 cm³/mol. The van der Waals surface area contributed by atoms with E-state index >= 15 is 0 Å². The van der Waals surface area contributed by atoms with Gasteiger partial charge in [0.25, 0.3) is 0 Å². The van der Waals surface area contributed by atoms with Crippen LogP contribution in [0.3, 0.4) is 0 Å². The van der Waals surface area contributed by atoms with Gasteiger partial charge in [0.15, 0.2) is 16.6 Å². The van der Waals surface area contributed by atoms with Crippen molar-refractivity contribution < 1.29 is 18.6 Å². The fraction of sp³-hybridized carbons (Fsp3) is 0.222. The number of thiocarbonyl (C=S) groups is 1. The Morgan fingerprint density at radius 1 is 1.04 bits per heavy atom. The minimum Gasteiger partial charge on any atom is -0.493 e. The number of rotatable bonds is 7. The average molecular weight is 377 g/mol. The van der Waals surface area contributed by atoms with Gasteiger partial charge in [0.05, 0.1) is 27.5 Å². The maximum atomic E-state index is 12.9. The van der Waals surface area contributed by atoms with Crippen LogP contribution in [0.5, 0.6) is 17.2 Å². The first-order valence-corrected chi connectivity index (χ1v) is 8.10. The molecule has 2 aromatic rings. The van der Waals surface area contributed by atoms with Gasteiger partial charge in [0.1, 0.15) is 5.82 Å². The van der Waals surface area contributed by atoms with E-state index < -0.39 is 0 Å². The Morgan fingerprint density at radius 3 is 2.35 bits per heavy atom. The molecular weight excluding hydrogens is 357 g/mol. The van der Waals surface area contributed by atoms with Crippen molar-refractivity contribution in [2.24, 2.45) is 5.10 Å². The summed E-state index contributed by atoms with van der Waals surface area (Å²) in [5.74, 6) is 1.27. The molecule has 8 heteroatoms. The first kappa shape index (κ1) is 19.5. The number of hydrogen-bond donors (Lipinski definition) is 2. The molecule has 0 radical (unpaired) electrons. The second kappa shape index (κ2) is 9.57. The number of benzene rings is 2. The molecule has 0 aliphatic carbocycles. The summed E-state index contributed by atoms with van der Waals surface area (Å²) in [4.78, 5) is 0. The van der Waals surface area contributed by atoms with Crippen molar-refractivity contribution in [1.82, 2.24) is 10.7 Å². The van der Waals surface area contributed by atoms with Crippen molar-refractivity contribution in [3.63, 3.8) is 0 Å². The van der Waals surface area contributed by atoms with Crippen LogP contribution in [0.25, 0.3) is 0 Å². The summed E-state index contributed by atoms with van der Waals surface area (Å²) in [6.45, 7) is 0.460. The second-order valence-corrected chi connectivity index (χ2v) is 5.51. The zero-order valence-electron chi connectivity index (χ0n) is 14.7. The lowest BCUT2D eigenvalue weighted by atomic mass is 10.2. The molecule has 2 N–H and O–H groups in total. The van der Waals surface area contributed by atoms with Gasteiger partial charge >= 0.3 is 0 Å². The van der Waals surface area contributed by atoms with Gasteiger partial charge in [-0.05, 0) is 42.0 Å². The van der Waals surface area contributed by atoms with E-state index in [-0.39, 0.29) is 5.82 Å². The van der Waals surface area contributed by atoms with Gasteiger partial charge in [-0.3, -0.25) is 5.43 Å². The Hall–Kier alpha value is -2.87. The molecule has 0 heterocycles. The van der Waals surface area contributed by atoms with Crippen LogP contribution in [-0.4, -0.2) is 32.7 Å². The molecule has 0 aliphatic rings. The van der Waals surface area contributed by atoms with Crippen LogP contribution in [0.15, 0.2) is 41.5 Å². The SMILES string of the molecule is COc1ccc(/C=N\NC(=S)NCc2ccc(F)cc2)c(OC)c1OC. The van der Waals surface area contributed by atoms with E-state index in [4.69, 9.17) is 26.4 Å². The lowest BCUT2D eigenvalue weighted by Gasteiger charge is -2.13. The molecule has 0 fully saturated rings. The molecule has 6 nitrogen and oxygen atoms in total. The van der Waals surface area contributed by atoms with Crippen LogP contribution in [0.4, 0.5) is 4.39 Å². The van der Waals surface area contributed by atoms with E-state index in [1.807, 2.05) is 0 Å². The third kappa shape index (κ3) is 5.06. The first-order chi connectivity index (χ1) is 12.6. The molecule has 0 saturated carbocycles. The quantitative estimate of drug-likeness (QED) is 0.440. The van der Waals surface area contributed by atoms with Gasteiger partial charge in [-0.25, -0.2) is 4.39 Å². The van der Waals surface area contributed by atoms with Crippen molar-refractivity contribution in [2.45, 2.75) is 6.54 Å². The van der Waals surface area contributed by atoms with Gasteiger partial charge < -0.3 is 19.5 Å². The molecule has 0 unspecified atom stereocenters. The molecule has 0 amide bonds. The normalized spacial score (nSPS) is 10.5. The molecule has 0 aromatic heterocycles. The number of ether oxygens (including phenoxy) is 3. The third-order valence-corrected chi connectivity index (χ3v) is 3.71. The zero-order valence-corrected chi connectivity index (χ0v) is 15.5. The van der Waals surface area contributed by atoms with Crippen LogP contribution in [0.1, 0.15) is 11.1 Å². The topological polar surface area (TPSA) is 64.1 Å². The Kier molecular flexibility index (Phi) is 7.16. The summed E-state index contributed by atoms with van der Waals surface area (Å²) in [6, 6.07) is 9.71. The third-order valence-electron chi connectivity index (χ3n) is 3.47. The number of methoxy groups -OCH3 is 3. The fourth-order valence-electron chi connectivity index (χ4n) is 2.21. The Bertz CT molecular complexity index is 782. The maximum absolute atomic E-state index is 12.9. The van der Waals surface area contributed by atoms with Crippen LogP contribution < -0.4 is 25.0 Å². The molecule has 0 spiro atoms. The summed E-state index contributed by atoms with van der Waals surface area (Å²) >= 11 is 5.16. The first-order valence-electron chi connectivity index (χ1n) is 7.69. The predicted octanol–water partition coefficient (Wildman–Crippen LogP) is 2.85. The highest BCUT2D eigenvalue weighted by Crippen LogP contribution is 2.38. The van der Waals surface area contributed by atoms with Gasteiger partial charge in [-0.15, -0.1) is 0 Å². The molecule has 26 heavy (non-hydrogen) atoms. The summed E-state index contributed by atoms with van der Waals surface area (Å²) in [5.41, 5.74) is 4.32. The van der Waals surface area contributed by atoms with E-state index in [1.165, 1.54) is 26.4 Å². The van der Waals surface area contributed by atoms with Crippen LogP contribution in [0, 0.1) is 5.82 Å². The highest BCUT2D eigenvalue weighted by molar-refractivity contribution is 7.80. The van der Waals surface area contributed by atoms with Gasteiger partial charge in [0, 0.05) is 12.1 Å². The van der Waals surface area contributed by atoms with Crippen molar-refractivity contribution in [1.29, 1.82) is 0 Å². The van der Waals surface area contributed by atoms with Crippen molar-refractivity contribution in [3.05, 3.63) is 53.3 Å². The molecule has 0 atom stereocenters. The van der Waals surface area contributed by atoms with Crippen LogP contribution in [-0.2, 0) is 6.54 Å². The second-order valence-electron chi connectivity index (χ2n) is 5.10. The van der Waals surface area contributed by atoms with Gasteiger partial charge in [-0.1, -0.05) is 12.1 Å². The molecule has 0 bridgehead atoms. The molecule has 2 aromatic carbocycles. The van der Waals surface area contributed by atoms with Crippen molar-refractivity contribution in [2.75, 3.05) is 21.3 Å². The summed E-state index contributed by atoms with van der Waals surface area (Å²) in [7, 11) is 4.63. The Morgan fingerprint density at radius 2 is 1.73 bits per heavy atom. The van der Waals surface area contributed by atoms with Gasteiger partial charge in [0.2, 0.25) is 5.75 Å². The van der Waals surface area contributed by atoms with E-state index in [0.717, 1.165) is 5.56 Å². The summed E-state index contributed by atoms with van der Waals surface area (Å²) in [6.07, 6.45) is 1.56. The van der Waals surface area contributed by atoms with E-state index in [2.05, 4.69) is 15.8 Å². The lowest BCUT2D eigenvalue weighted by molar-refractivity contribution is 0.324. The number of nitrogens with zero attached hydrogens (tertiary/aromatic N) is 1. The molecule has 0 saturated heterocycles. The fourth-order valence-corrected chi connectivity index (χ4v) is 2.34. The summed E-state index contributed by atoms with van der Waals surface area (Å²) in [5, 5.41) is 7.41. The smallest absolute Gasteiger partial charge is 0.203 e. The Balaban J connectivity index is 1.97. The Labute approximate surface area is 157 Å². The number of halogens is 1. The highest BCUT2D eigenvalue weighted by atomic mass is 32.1. The number of hydrazone groups is 1. The number of hydrogen-bond acceptors (Lipinski definition) is 5. The average Bonchev–Trinajstić information content (AvgIpc) is 2.66. The standard InChI is InChI=1S/C18H20FN3O3S/c1-23-15-9-6-13(16(24-2)17(15)25-3)11-21-22-18(26)20-10-12-4-7-14(19)8-5-12/h4-9,11H,10H2,1-3H3,(H2,20,22,26)/b21-11-. The lowest BCUT2D eigenvalue weighted by Crippen LogP contribution is -2.31. The molecule has 138 valence electrons. The number of nitrogens with one attached hydrogen (secondary N) is 2. The van der Waals surface area contributed by atoms with Crippen molar-refractivity contribution in [3.8, 4) is 17.2 Å². The van der Waals surface area contributed by atoms with Crippen LogP contribution >= 0.6 is 12.2 Å². The minimum atomic E-state index is -0.275. The van der Waals surface area contributed by atoms with Crippen LogP contribution in [0.2, 0.25) is 0 Å². The maximum Gasteiger partial charge on any atom is 0.203 e. The monoisotopic (exact) mass is 377 g/mol. The van der Waals surface area contributed by atoms with E-state index in [0.29, 0.717) is 34.5 Å². The highest BCUT2D eigenvalue weighted by Gasteiger charge is 2.14. The minimum absolute atomic E-state index is 0.275. The zero-order chi connectivity index (χ0) is 18.9. The van der Waals surface area contributed by atoms with E-state index in [1.54, 1.807) is 37.6 Å².